The first-order valence-corrected chi connectivity index (χ1v) is 7.60. The van der Waals surface area contributed by atoms with E-state index in [4.69, 9.17) is 0 Å². The lowest BCUT2D eigenvalue weighted by Gasteiger charge is -2.52. The van der Waals surface area contributed by atoms with Crippen LogP contribution in [0.4, 0.5) is 4.79 Å². The SMILES string of the molecule is CCOC(=O)C(=O)C1CN(C(=O)O)C(C(C)(C)C)C(C)(C)C1=O. The van der Waals surface area contributed by atoms with Gasteiger partial charge in [0.2, 0.25) is 0 Å². The second kappa shape index (κ2) is 6.29. The minimum atomic E-state index is -1.32. The summed E-state index contributed by atoms with van der Waals surface area (Å²) in [7, 11) is 0. The molecule has 0 aromatic heterocycles. The molecule has 0 aromatic carbocycles. The van der Waals surface area contributed by atoms with Crippen LogP contribution in [0.1, 0.15) is 41.5 Å². The number of piperidine rings is 1. The largest absolute Gasteiger partial charge is 0.465 e. The molecule has 0 bridgehead atoms. The molecule has 0 radical (unpaired) electrons. The number of ether oxygens (including phenoxy) is 1. The maximum Gasteiger partial charge on any atom is 0.407 e. The van der Waals surface area contributed by atoms with Gasteiger partial charge in [0.25, 0.3) is 5.78 Å². The summed E-state index contributed by atoms with van der Waals surface area (Å²) in [6, 6.07) is -0.605. The van der Waals surface area contributed by atoms with Gasteiger partial charge < -0.3 is 14.7 Å². The van der Waals surface area contributed by atoms with Gasteiger partial charge in [0.05, 0.1) is 12.6 Å². The van der Waals surface area contributed by atoms with Crippen molar-refractivity contribution in [3.63, 3.8) is 0 Å². The fraction of sp³-hybridized carbons (Fsp3) is 0.750. The molecule has 1 N–H and O–H groups in total. The van der Waals surface area contributed by atoms with Gasteiger partial charge in [0, 0.05) is 12.0 Å². The van der Waals surface area contributed by atoms with Gasteiger partial charge in [-0.25, -0.2) is 9.59 Å². The Kier molecular flexibility index (Phi) is 5.23. The summed E-state index contributed by atoms with van der Waals surface area (Å²) in [4.78, 5) is 49.4. The molecule has 1 amide bonds. The molecule has 1 aliphatic heterocycles. The molecule has 1 aliphatic rings. The van der Waals surface area contributed by atoms with Crippen LogP contribution in [-0.2, 0) is 19.1 Å². The van der Waals surface area contributed by atoms with Crippen molar-refractivity contribution >= 4 is 23.6 Å². The van der Waals surface area contributed by atoms with Gasteiger partial charge in [-0.1, -0.05) is 34.6 Å². The highest BCUT2D eigenvalue weighted by Gasteiger charge is 2.56. The number of amides is 1. The quantitative estimate of drug-likeness (QED) is 0.481. The molecule has 1 fully saturated rings. The lowest BCUT2D eigenvalue weighted by Crippen LogP contribution is -2.65. The topological polar surface area (TPSA) is 101 Å². The first kappa shape index (κ1) is 19.1. The van der Waals surface area contributed by atoms with Crippen molar-refractivity contribution in [3.05, 3.63) is 0 Å². The van der Waals surface area contributed by atoms with E-state index in [2.05, 4.69) is 4.74 Å². The average molecular weight is 327 g/mol. The van der Waals surface area contributed by atoms with Gasteiger partial charge in [-0.15, -0.1) is 0 Å². The lowest BCUT2D eigenvalue weighted by molar-refractivity contribution is -0.162. The Hall–Kier alpha value is -1.92. The van der Waals surface area contributed by atoms with E-state index in [1.807, 2.05) is 20.8 Å². The zero-order valence-electron chi connectivity index (χ0n) is 14.5. The average Bonchev–Trinajstić information content (AvgIpc) is 2.39. The molecule has 7 nitrogen and oxygen atoms in total. The predicted molar refractivity (Wildman–Crippen MR) is 81.9 cm³/mol. The Morgan fingerprint density at radius 3 is 2.22 bits per heavy atom. The third-order valence-electron chi connectivity index (χ3n) is 4.19. The number of rotatable bonds is 3. The Labute approximate surface area is 136 Å². The number of ketones is 2. The minimum Gasteiger partial charge on any atom is -0.465 e. The Balaban J connectivity index is 3.29. The Morgan fingerprint density at radius 2 is 1.83 bits per heavy atom. The molecule has 1 heterocycles. The molecule has 2 atom stereocenters. The summed E-state index contributed by atoms with van der Waals surface area (Å²) >= 11 is 0. The molecule has 7 heteroatoms. The number of Topliss-reactive ketones (excluding diaryl/α,β-unsaturated/α-hetero) is 2. The Bertz CT molecular complexity index is 531. The summed E-state index contributed by atoms with van der Waals surface area (Å²) in [5.74, 6) is -3.82. The van der Waals surface area contributed by atoms with Crippen molar-refractivity contribution in [1.82, 2.24) is 4.90 Å². The van der Waals surface area contributed by atoms with Crippen LogP contribution in [0.2, 0.25) is 0 Å². The number of esters is 1. The predicted octanol–water partition coefficient (Wildman–Crippen LogP) is 1.74. The molecule has 130 valence electrons. The van der Waals surface area contributed by atoms with E-state index in [9.17, 15) is 24.3 Å². The van der Waals surface area contributed by atoms with E-state index < -0.39 is 46.4 Å². The van der Waals surface area contributed by atoms with Crippen molar-refractivity contribution in [2.45, 2.75) is 47.6 Å². The van der Waals surface area contributed by atoms with E-state index in [-0.39, 0.29) is 13.2 Å². The van der Waals surface area contributed by atoms with Crippen LogP contribution in [0.3, 0.4) is 0 Å². The summed E-state index contributed by atoms with van der Waals surface area (Å²) in [6.45, 7) is 10.0. The monoisotopic (exact) mass is 327 g/mol. The molecule has 1 saturated heterocycles. The molecule has 0 spiro atoms. The number of carbonyl (C=O) groups is 4. The van der Waals surface area contributed by atoms with Crippen LogP contribution in [0.5, 0.6) is 0 Å². The lowest BCUT2D eigenvalue weighted by atomic mass is 9.62. The third-order valence-corrected chi connectivity index (χ3v) is 4.19. The fourth-order valence-electron chi connectivity index (χ4n) is 3.64. The zero-order valence-corrected chi connectivity index (χ0v) is 14.5. The van der Waals surface area contributed by atoms with Gasteiger partial charge in [-0.05, 0) is 12.3 Å². The van der Waals surface area contributed by atoms with Crippen LogP contribution in [-0.4, -0.2) is 52.8 Å². The van der Waals surface area contributed by atoms with E-state index >= 15 is 0 Å². The maximum atomic E-state index is 12.8. The van der Waals surface area contributed by atoms with Gasteiger partial charge >= 0.3 is 12.1 Å². The maximum absolute atomic E-state index is 12.8. The smallest absolute Gasteiger partial charge is 0.407 e. The van der Waals surface area contributed by atoms with Gasteiger partial charge in [-0.3, -0.25) is 9.59 Å². The number of carbonyl (C=O) groups excluding carboxylic acids is 3. The first-order valence-electron chi connectivity index (χ1n) is 7.60. The van der Waals surface area contributed by atoms with E-state index in [1.165, 1.54) is 0 Å². The standard InChI is InChI=1S/C16H25NO6/c1-7-23-12(20)10(18)9-8-17(14(21)22)13(15(2,3)4)16(5,6)11(9)19/h9,13H,7-8H2,1-6H3,(H,21,22). The minimum absolute atomic E-state index is 0.0160. The second-order valence-corrected chi connectivity index (χ2v) is 7.43. The molecular formula is C16H25NO6. The molecule has 0 saturated carbocycles. The zero-order chi connectivity index (χ0) is 18.2. The van der Waals surface area contributed by atoms with Crippen LogP contribution < -0.4 is 0 Å². The van der Waals surface area contributed by atoms with Gasteiger partial charge in [0.1, 0.15) is 5.92 Å². The van der Waals surface area contributed by atoms with Crippen molar-refractivity contribution in [2.75, 3.05) is 13.2 Å². The summed E-state index contributed by atoms with van der Waals surface area (Å²) in [5, 5.41) is 9.52. The second-order valence-electron chi connectivity index (χ2n) is 7.43. The van der Waals surface area contributed by atoms with Gasteiger partial charge in [-0.2, -0.15) is 0 Å². The van der Waals surface area contributed by atoms with Crippen LogP contribution in [0.25, 0.3) is 0 Å². The number of carboxylic acid groups (broad SMARTS) is 1. The van der Waals surface area contributed by atoms with E-state index in [0.717, 1.165) is 4.90 Å². The molecule has 1 rings (SSSR count). The molecule has 0 aliphatic carbocycles. The molecule has 2 unspecified atom stereocenters. The fourth-order valence-corrected chi connectivity index (χ4v) is 3.64. The first-order chi connectivity index (χ1) is 10.4. The molecule has 23 heavy (non-hydrogen) atoms. The number of hydrogen-bond donors (Lipinski definition) is 1. The number of hydrogen-bond acceptors (Lipinski definition) is 5. The van der Waals surface area contributed by atoms with Crippen molar-refractivity contribution in [2.24, 2.45) is 16.7 Å². The Morgan fingerprint density at radius 1 is 1.30 bits per heavy atom. The molecular weight excluding hydrogens is 302 g/mol. The normalized spacial score (nSPS) is 24.3. The van der Waals surface area contributed by atoms with Crippen molar-refractivity contribution in [1.29, 1.82) is 0 Å². The van der Waals surface area contributed by atoms with Crippen LogP contribution in [0.15, 0.2) is 0 Å². The highest BCUT2D eigenvalue weighted by atomic mass is 16.5. The summed E-state index contributed by atoms with van der Waals surface area (Å²) in [5.41, 5.74) is -1.60. The van der Waals surface area contributed by atoms with E-state index in [1.54, 1.807) is 20.8 Å². The highest BCUT2D eigenvalue weighted by molar-refractivity contribution is 6.39. The number of nitrogens with zero attached hydrogens (tertiary/aromatic N) is 1. The van der Waals surface area contributed by atoms with Crippen molar-refractivity contribution < 1.29 is 29.0 Å². The van der Waals surface area contributed by atoms with Crippen LogP contribution in [0, 0.1) is 16.7 Å². The highest BCUT2D eigenvalue weighted by Crippen LogP contribution is 2.43. The molecule has 0 aromatic rings. The number of likely N-dealkylation sites (tertiary alicyclic amines) is 1. The van der Waals surface area contributed by atoms with Crippen LogP contribution >= 0.6 is 0 Å². The summed E-state index contributed by atoms with van der Waals surface area (Å²) < 4.78 is 4.66. The van der Waals surface area contributed by atoms with Gasteiger partial charge in [0.15, 0.2) is 5.78 Å². The third kappa shape index (κ3) is 3.54. The van der Waals surface area contributed by atoms with E-state index in [0.29, 0.717) is 0 Å². The van der Waals surface area contributed by atoms with Crippen molar-refractivity contribution in [3.8, 4) is 0 Å². The summed E-state index contributed by atoms with van der Waals surface area (Å²) in [6.07, 6.45) is -1.22.